The highest BCUT2D eigenvalue weighted by molar-refractivity contribution is 7.45. The number of quaternary nitrogens is 1. The molecule has 0 heterocycles. The third-order valence-corrected chi connectivity index (χ3v) is 11.2. The molecule has 0 aliphatic rings. The van der Waals surface area contributed by atoms with Crippen LogP contribution in [0.15, 0.2) is 158 Å². The van der Waals surface area contributed by atoms with Gasteiger partial charge in [-0.25, -0.2) is 0 Å². The van der Waals surface area contributed by atoms with Crippen LogP contribution in [0, 0.1) is 0 Å². The number of likely N-dealkylation sites (N-methyl/N-ethyl adjacent to an activating group) is 1. The molecule has 0 saturated heterocycles. The van der Waals surface area contributed by atoms with Crippen LogP contribution in [0.5, 0.6) is 0 Å². The highest BCUT2D eigenvalue weighted by Crippen LogP contribution is 2.38. The van der Waals surface area contributed by atoms with Crippen LogP contribution in [0.4, 0.5) is 0 Å². The van der Waals surface area contributed by atoms with Crippen LogP contribution in [0.3, 0.4) is 0 Å². The second-order valence-corrected chi connectivity index (χ2v) is 19.2. The van der Waals surface area contributed by atoms with E-state index in [1.807, 2.05) is 27.2 Å². The largest absolute Gasteiger partial charge is 0.756 e. The van der Waals surface area contributed by atoms with Crippen LogP contribution in [-0.2, 0) is 18.4 Å². The first kappa shape index (κ1) is 64.1. The number of rotatable bonds is 44. The Hall–Kier alpha value is -3.88. The third kappa shape index (κ3) is 50.0. The van der Waals surface area contributed by atoms with Crippen molar-refractivity contribution in [3.8, 4) is 0 Å². The predicted molar refractivity (Wildman–Crippen MR) is 292 cm³/mol. The highest BCUT2D eigenvalue weighted by Gasteiger charge is 2.23. The number of unbranched alkanes of at least 4 members (excludes halogenated alkanes) is 7. The molecule has 0 aliphatic heterocycles. The van der Waals surface area contributed by atoms with Gasteiger partial charge in [0.15, 0.2) is 0 Å². The number of nitrogens with zero attached hydrogens (tertiary/aromatic N) is 1. The number of aliphatic hydroxyl groups is 1. The van der Waals surface area contributed by atoms with Gasteiger partial charge in [-0.1, -0.05) is 198 Å². The number of phosphoric acid groups is 1. The molecule has 0 spiro atoms. The summed E-state index contributed by atoms with van der Waals surface area (Å²) in [6, 6.07) is -0.918. The zero-order chi connectivity index (χ0) is 49.9. The van der Waals surface area contributed by atoms with Crippen molar-refractivity contribution in [1.29, 1.82) is 0 Å². The van der Waals surface area contributed by atoms with Crippen molar-refractivity contribution in [2.24, 2.45) is 0 Å². The van der Waals surface area contributed by atoms with Crippen molar-refractivity contribution in [3.05, 3.63) is 158 Å². The van der Waals surface area contributed by atoms with Crippen LogP contribution in [-0.4, -0.2) is 68.5 Å². The second-order valence-electron chi connectivity index (χ2n) is 17.8. The molecule has 0 aliphatic carbocycles. The van der Waals surface area contributed by atoms with Gasteiger partial charge in [-0.2, -0.15) is 0 Å². The Balaban J connectivity index is 4.16. The summed E-state index contributed by atoms with van der Waals surface area (Å²) in [4.78, 5) is 25.2. The number of phosphoric ester groups is 1. The number of amides is 1. The molecule has 68 heavy (non-hydrogen) atoms. The van der Waals surface area contributed by atoms with E-state index in [2.05, 4.69) is 165 Å². The van der Waals surface area contributed by atoms with Crippen LogP contribution in [0.2, 0.25) is 0 Å². The van der Waals surface area contributed by atoms with Crippen molar-refractivity contribution < 1.29 is 32.9 Å². The molecule has 3 atom stereocenters. The Morgan fingerprint density at radius 2 is 0.897 bits per heavy atom. The van der Waals surface area contributed by atoms with Crippen molar-refractivity contribution in [2.75, 3.05) is 40.9 Å². The third-order valence-electron chi connectivity index (χ3n) is 10.2. The predicted octanol–water partition coefficient (Wildman–Crippen LogP) is 14.9. The van der Waals surface area contributed by atoms with E-state index >= 15 is 0 Å². The van der Waals surface area contributed by atoms with E-state index < -0.39 is 26.6 Å². The number of carbonyl (C=O) groups is 1. The van der Waals surface area contributed by atoms with Gasteiger partial charge < -0.3 is 28.8 Å². The molecule has 1 amide bonds. The summed E-state index contributed by atoms with van der Waals surface area (Å²) in [5, 5.41) is 13.6. The van der Waals surface area contributed by atoms with E-state index in [-0.39, 0.29) is 18.9 Å². The van der Waals surface area contributed by atoms with Crippen molar-refractivity contribution >= 4 is 13.7 Å². The maximum Gasteiger partial charge on any atom is 0.268 e. The van der Waals surface area contributed by atoms with E-state index in [0.717, 1.165) is 109 Å². The van der Waals surface area contributed by atoms with E-state index in [0.29, 0.717) is 17.4 Å². The number of allylic oxidation sites excluding steroid dienone is 25. The molecule has 0 fully saturated rings. The SMILES string of the molecule is CC/C=C\C/C=C\C/C=C\C/C=C\C/C=C\C/C=C\C/C=C\C/C=C\C/C=C\C/C=C\C/C=C\C/C=C\CCCCC(=O)NC(COP(=O)([O-])OCC[N+](C)(C)C)C(O)/C=C/CCCCCCC. The van der Waals surface area contributed by atoms with E-state index in [1.54, 1.807) is 6.08 Å². The van der Waals surface area contributed by atoms with Gasteiger partial charge in [0.25, 0.3) is 7.82 Å². The topological polar surface area (TPSA) is 108 Å². The lowest BCUT2D eigenvalue weighted by atomic mass is 10.1. The molecule has 0 aromatic rings. The van der Waals surface area contributed by atoms with Crippen LogP contribution < -0.4 is 10.2 Å². The van der Waals surface area contributed by atoms with Gasteiger partial charge in [-0.05, 0) is 109 Å². The summed E-state index contributed by atoms with van der Waals surface area (Å²) < 4.78 is 23.1. The first-order valence-corrected chi connectivity index (χ1v) is 27.3. The Bertz CT molecular complexity index is 1650. The van der Waals surface area contributed by atoms with Gasteiger partial charge >= 0.3 is 0 Å². The van der Waals surface area contributed by atoms with Gasteiger partial charge in [0, 0.05) is 6.42 Å². The van der Waals surface area contributed by atoms with E-state index in [4.69, 9.17) is 9.05 Å². The molecule has 0 rings (SSSR count). The molecule has 0 bridgehead atoms. The van der Waals surface area contributed by atoms with Crippen LogP contribution in [0.25, 0.3) is 0 Å². The summed E-state index contributed by atoms with van der Waals surface area (Å²) in [6.07, 6.45) is 76.3. The minimum Gasteiger partial charge on any atom is -0.756 e. The summed E-state index contributed by atoms with van der Waals surface area (Å²) in [6.45, 7) is 4.39. The number of nitrogens with one attached hydrogen (secondary N) is 1. The van der Waals surface area contributed by atoms with E-state index in [1.165, 1.54) is 19.3 Å². The monoisotopic (exact) mass is 959 g/mol. The number of hydrogen-bond acceptors (Lipinski definition) is 6. The second kappa shape index (κ2) is 48.2. The summed E-state index contributed by atoms with van der Waals surface area (Å²) in [5.74, 6) is -0.253. The zero-order valence-corrected chi connectivity index (χ0v) is 44.1. The summed E-state index contributed by atoms with van der Waals surface area (Å²) in [5.41, 5.74) is 0. The lowest BCUT2D eigenvalue weighted by Crippen LogP contribution is -2.45. The van der Waals surface area contributed by atoms with Gasteiger partial charge in [0.05, 0.1) is 39.9 Å². The van der Waals surface area contributed by atoms with Gasteiger partial charge in [0.1, 0.15) is 13.2 Å². The van der Waals surface area contributed by atoms with Gasteiger partial charge in [-0.15, -0.1) is 0 Å². The molecular weight excluding hydrogens is 864 g/mol. The lowest BCUT2D eigenvalue weighted by molar-refractivity contribution is -0.870. The van der Waals surface area contributed by atoms with Gasteiger partial charge in [0.2, 0.25) is 5.91 Å². The summed E-state index contributed by atoms with van der Waals surface area (Å²) in [7, 11) is 1.20. The first-order chi connectivity index (χ1) is 33.0. The number of hydrogen-bond donors (Lipinski definition) is 2. The quantitative estimate of drug-likeness (QED) is 0.0273. The zero-order valence-electron chi connectivity index (χ0n) is 43.2. The Kier molecular flexibility index (Phi) is 45.4. The maximum absolute atomic E-state index is 12.8. The molecule has 2 N–H and O–H groups in total. The molecule has 3 unspecified atom stereocenters. The minimum absolute atomic E-state index is 0.0192. The molecule has 0 saturated carbocycles. The number of aliphatic hydroxyl groups excluding tert-OH is 1. The molecule has 0 radical (unpaired) electrons. The van der Waals surface area contributed by atoms with Crippen molar-refractivity contribution in [2.45, 2.75) is 167 Å². The molecule has 9 heteroatoms. The maximum atomic E-state index is 12.8. The van der Waals surface area contributed by atoms with Crippen molar-refractivity contribution in [1.82, 2.24) is 5.32 Å². The molecule has 8 nitrogen and oxygen atoms in total. The first-order valence-electron chi connectivity index (χ1n) is 25.8. The van der Waals surface area contributed by atoms with Crippen molar-refractivity contribution in [3.63, 3.8) is 0 Å². The average Bonchev–Trinajstić information content (AvgIpc) is 3.30. The minimum atomic E-state index is -4.60. The highest BCUT2D eigenvalue weighted by atomic mass is 31.2. The molecule has 382 valence electrons. The molecule has 0 aromatic heterocycles. The fraction of sp³-hybridized carbons (Fsp3) is 0.542. The van der Waals surface area contributed by atoms with Crippen LogP contribution in [0.1, 0.15) is 155 Å². The smallest absolute Gasteiger partial charge is 0.268 e. The normalized spacial score (nSPS) is 15.3. The Labute approximate surface area is 416 Å². The number of carbonyl (C=O) groups excluding carboxylic acids is 1. The standard InChI is InChI=1S/C59H95N2O6P/c1-6-8-10-12-14-15-16-17-18-19-20-21-22-23-24-25-26-27-28-29-30-31-32-33-34-35-36-37-38-39-40-41-42-43-44-45-47-49-51-53-59(63)60-57(58(62)52-50-48-46-13-11-9-7-2)56-67-68(64,65)66-55-54-61(3,4)5/h8,10,14-15,17-18,20-21,23-24,26-27,29-30,32-33,35-36,38-39,41-42,44-45,50,52,57-58,62H,6-7,9,11-13,16,19,22,25,28,31,34,37,40,43,46-49,51,53-56H2,1-5H3,(H-,60,63,64,65)/b10-8-,15-14-,18-17-,21-20-,24-23-,27-26-,30-29-,33-32-,36-35-,39-38-,42-41-,45-44-,52-50+. The Morgan fingerprint density at radius 3 is 1.29 bits per heavy atom. The molecule has 0 aromatic carbocycles. The van der Waals surface area contributed by atoms with Crippen LogP contribution >= 0.6 is 7.82 Å². The lowest BCUT2D eigenvalue weighted by Gasteiger charge is -2.29. The van der Waals surface area contributed by atoms with Gasteiger partial charge in [-0.3, -0.25) is 9.36 Å². The average molecular weight is 959 g/mol. The van der Waals surface area contributed by atoms with E-state index in [9.17, 15) is 19.4 Å². The fourth-order valence-corrected chi connectivity index (χ4v) is 6.91. The Morgan fingerprint density at radius 1 is 0.529 bits per heavy atom. The molecular formula is C59H95N2O6P. The fourth-order valence-electron chi connectivity index (χ4n) is 6.19. The summed E-state index contributed by atoms with van der Waals surface area (Å²) >= 11 is 0.